The fourth-order valence-corrected chi connectivity index (χ4v) is 2.04. The number of nitrogens with one attached hydrogen (secondary N) is 1. The maximum atomic E-state index is 12.0. The highest BCUT2D eigenvalue weighted by atomic mass is 35.5. The number of carbonyl (C=O) groups excluding carboxylic acids is 1. The van der Waals surface area contributed by atoms with Gasteiger partial charge in [0.05, 0.1) is 19.2 Å². The molecule has 0 saturated carbocycles. The van der Waals surface area contributed by atoms with E-state index in [-0.39, 0.29) is 5.91 Å². The Morgan fingerprint density at radius 1 is 1.30 bits per heavy atom. The van der Waals surface area contributed by atoms with Crippen molar-refractivity contribution in [3.8, 4) is 11.5 Å². The van der Waals surface area contributed by atoms with E-state index in [0.717, 1.165) is 13.0 Å². The minimum atomic E-state index is -0.174. The molecule has 0 atom stereocenters. The first-order chi connectivity index (χ1) is 9.49. The number of methoxy groups -OCH3 is 2. The summed E-state index contributed by atoms with van der Waals surface area (Å²) in [5, 5.41) is 3.20. The molecular formula is C14H21ClN2O3. The van der Waals surface area contributed by atoms with Crippen LogP contribution in [0.15, 0.2) is 12.1 Å². The molecule has 1 amide bonds. The zero-order valence-corrected chi connectivity index (χ0v) is 13.1. The maximum Gasteiger partial charge on any atom is 0.251 e. The number of halogens is 1. The maximum absolute atomic E-state index is 12.0. The molecular weight excluding hydrogens is 280 g/mol. The van der Waals surface area contributed by atoms with Crippen LogP contribution in [0.2, 0.25) is 5.02 Å². The Bertz CT molecular complexity index is 464. The summed E-state index contributed by atoms with van der Waals surface area (Å²) in [4.78, 5) is 14.1. The minimum absolute atomic E-state index is 0.174. The quantitative estimate of drug-likeness (QED) is 0.783. The lowest BCUT2D eigenvalue weighted by atomic mass is 10.2. The van der Waals surface area contributed by atoms with Crippen LogP contribution in [-0.4, -0.2) is 52.2 Å². The van der Waals surface area contributed by atoms with Gasteiger partial charge in [0.2, 0.25) is 0 Å². The number of amides is 1. The molecule has 0 aliphatic heterocycles. The van der Waals surface area contributed by atoms with E-state index in [1.54, 1.807) is 12.1 Å². The number of carbonyl (C=O) groups is 1. The van der Waals surface area contributed by atoms with Crippen LogP contribution in [0.1, 0.15) is 16.8 Å². The van der Waals surface area contributed by atoms with Crippen LogP contribution in [0.25, 0.3) is 0 Å². The third-order valence-electron chi connectivity index (χ3n) is 2.76. The second-order valence-corrected chi connectivity index (χ2v) is 5.01. The molecule has 6 heteroatoms. The summed E-state index contributed by atoms with van der Waals surface area (Å²) in [5.74, 6) is 0.698. The molecule has 20 heavy (non-hydrogen) atoms. The molecule has 0 bridgehead atoms. The molecule has 0 heterocycles. The van der Waals surface area contributed by atoms with Gasteiger partial charge in [-0.1, -0.05) is 11.6 Å². The van der Waals surface area contributed by atoms with Crippen molar-refractivity contribution in [2.45, 2.75) is 6.42 Å². The van der Waals surface area contributed by atoms with Crippen LogP contribution in [0.5, 0.6) is 11.5 Å². The van der Waals surface area contributed by atoms with Crippen molar-refractivity contribution in [2.24, 2.45) is 0 Å². The lowest BCUT2D eigenvalue weighted by Gasteiger charge is -2.12. The number of benzene rings is 1. The summed E-state index contributed by atoms with van der Waals surface area (Å²) in [5.41, 5.74) is 0.456. The van der Waals surface area contributed by atoms with Gasteiger partial charge in [0.15, 0.2) is 11.5 Å². The van der Waals surface area contributed by atoms with Gasteiger partial charge in [0, 0.05) is 12.1 Å². The predicted octanol–water partition coefficient (Wildman–Crippen LogP) is 2.04. The number of rotatable bonds is 7. The Morgan fingerprint density at radius 3 is 2.55 bits per heavy atom. The highest BCUT2D eigenvalue weighted by Crippen LogP contribution is 2.35. The summed E-state index contributed by atoms with van der Waals surface area (Å²) in [6, 6.07) is 3.19. The molecule has 0 radical (unpaired) electrons. The van der Waals surface area contributed by atoms with Crippen molar-refractivity contribution in [1.82, 2.24) is 10.2 Å². The zero-order chi connectivity index (χ0) is 15.1. The highest BCUT2D eigenvalue weighted by Gasteiger charge is 2.14. The second-order valence-electron chi connectivity index (χ2n) is 4.61. The number of hydrogen-bond acceptors (Lipinski definition) is 4. The van der Waals surface area contributed by atoms with Gasteiger partial charge in [-0.2, -0.15) is 0 Å². The number of nitrogens with zero attached hydrogens (tertiary/aromatic N) is 1. The molecule has 0 unspecified atom stereocenters. The molecule has 1 rings (SSSR count). The first-order valence-electron chi connectivity index (χ1n) is 6.34. The first-order valence-corrected chi connectivity index (χ1v) is 6.71. The van der Waals surface area contributed by atoms with Gasteiger partial charge in [-0.3, -0.25) is 4.79 Å². The van der Waals surface area contributed by atoms with Crippen LogP contribution in [0.3, 0.4) is 0 Å². The van der Waals surface area contributed by atoms with Crippen molar-refractivity contribution < 1.29 is 14.3 Å². The third kappa shape index (κ3) is 4.58. The predicted molar refractivity (Wildman–Crippen MR) is 80.1 cm³/mol. The Balaban J connectivity index is 2.71. The molecule has 0 saturated heterocycles. The van der Waals surface area contributed by atoms with Crippen LogP contribution < -0.4 is 14.8 Å². The van der Waals surface area contributed by atoms with Gasteiger partial charge in [-0.05, 0) is 39.2 Å². The topological polar surface area (TPSA) is 50.8 Å². The van der Waals surface area contributed by atoms with E-state index in [9.17, 15) is 4.79 Å². The van der Waals surface area contributed by atoms with E-state index in [2.05, 4.69) is 10.2 Å². The molecule has 0 aromatic heterocycles. The van der Waals surface area contributed by atoms with Crippen LogP contribution >= 0.6 is 11.6 Å². The Labute approximate surface area is 124 Å². The fraction of sp³-hybridized carbons (Fsp3) is 0.500. The van der Waals surface area contributed by atoms with Crippen molar-refractivity contribution in [2.75, 3.05) is 41.4 Å². The summed E-state index contributed by atoms with van der Waals surface area (Å²) in [7, 11) is 7.00. The molecule has 1 aromatic carbocycles. The average molecular weight is 301 g/mol. The third-order valence-corrected chi connectivity index (χ3v) is 3.04. The van der Waals surface area contributed by atoms with Gasteiger partial charge in [-0.15, -0.1) is 0 Å². The van der Waals surface area contributed by atoms with E-state index in [1.165, 1.54) is 14.2 Å². The molecule has 0 aliphatic carbocycles. The minimum Gasteiger partial charge on any atom is -0.493 e. The lowest BCUT2D eigenvalue weighted by molar-refractivity contribution is 0.0952. The largest absolute Gasteiger partial charge is 0.493 e. The highest BCUT2D eigenvalue weighted by molar-refractivity contribution is 6.32. The van der Waals surface area contributed by atoms with Crippen molar-refractivity contribution >= 4 is 17.5 Å². The Morgan fingerprint density at radius 2 is 2.00 bits per heavy atom. The number of hydrogen-bond donors (Lipinski definition) is 1. The fourth-order valence-electron chi connectivity index (χ4n) is 1.75. The molecule has 1 aromatic rings. The molecule has 112 valence electrons. The van der Waals surface area contributed by atoms with Gasteiger partial charge in [-0.25, -0.2) is 0 Å². The molecule has 5 nitrogen and oxygen atoms in total. The first kappa shape index (κ1) is 16.6. The molecule has 0 spiro atoms. The van der Waals surface area contributed by atoms with Gasteiger partial charge >= 0.3 is 0 Å². The smallest absolute Gasteiger partial charge is 0.251 e. The molecule has 0 fully saturated rings. The van der Waals surface area contributed by atoms with Gasteiger partial charge in [0.1, 0.15) is 0 Å². The number of ether oxygens (including phenoxy) is 2. The van der Waals surface area contributed by atoms with Crippen LogP contribution in [0, 0.1) is 0 Å². The monoisotopic (exact) mass is 300 g/mol. The summed E-state index contributed by atoms with van der Waals surface area (Å²) < 4.78 is 10.3. The summed E-state index contributed by atoms with van der Waals surface area (Å²) in [6.45, 7) is 1.54. The van der Waals surface area contributed by atoms with Crippen LogP contribution in [-0.2, 0) is 0 Å². The standard InChI is InChI=1S/C14H21ClN2O3/c1-17(2)7-5-6-16-14(18)10-8-11(15)13(20-4)12(9-10)19-3/h8-9H,5-7H2,1-4H3,(H,16,18). The van der Waals surface area contributed by atoms with E-state index in [4.69, 9.17) is 21.1 Å². The zero-order valence-electron chi connectivity index (χ0n) is 12.3. The molecule has 0 aliphatic rings. The van der Waals surface area contributed by atoms with E-state index >= 15 is 0 Å². The van der Waals surface area contributed by atoms with Crippen molar-refractivity contribution in [3.05, 3.63) is 22.7 Å². The van der Waals surface area contributed by atoms with Gasteiger partial charge in [0.25, 0.3) is 5.91 Å². The lowest BCUT2D eigenvalue weighted by Crippen LogP contribution is -2.27. The Hall–Kier alpha value is -1.46. The second kappa shape index (κ2) is 7.97. The molecule has 1 N–H and O–H groups in total. The van der Waals surface area contributed by atoms with Crippen molar-refractivity contribution in [3.63, 3.8) is 0 Å². The van der Waals surface area contributed by atoms with E-state index < -0.39 is 0 Å². The van der Waals surface area contributed by atoms with Crippen LogP contribution in [0.4, 0.5) is 0 Å². The SMILES string of the molecule is COc1cc(C(=O)NCCCN(C)C)cc(Cl)c1OC. The van der Waals surface area contributed by atoms with E-state index in [1.807, 2.05) is 14.1 Å². The summed E-state index contributed by atoms with van der Waals surface area (Å²) in [6.07, 6.45) is 0.889. The van der Waals surface area contributed by atoms with Crippen molar-refractivity contribution in [1.29, 1.82) is 0 Å². The summed E-state index contributed by atoms with van der Waals surface area (Å²) >= 11 is 6.07. The normalized spacial score (nSPS) is 10.5. The average Bonchev–Trinajstić information content (AvgIpc) is 2.42. The van der Waals surface area contributed by atoms with E-state index in [0.29, 0.717) is 28.6 Å². The Kier molecular flexibility index (Phi) is 6.61. The van der Waals surface area contributed by atoms with Gasteiger partial charge < -0.3 is 19.7 Å².